The van der Waals surface area contributed by atoms with E-state index in [1.807, 2.05) is 6.92 Å². The molecular formula is C8H16N2O4. The van der Waals surface area contributed by atoms with Gasteiger partial charge in [-0.15, -0.1) is 0 Å². The van der Waals surface area contributed by atoms with E-state index in [4.69, 9.17) is 9.94 Å². The molecular weight excluding hydrogens is 188 g/mol. The Kier molecular flexibility index (Phi) is 6.69. The monoisotopic (exact) mass is 204 g/mol. The molecule has 0 rings (SSSR count). The summed E-state index contributed by atoms with van der Waals surface area (Å²) in [5.41, 5.74) is 0. The van der Waals surface area contributed by atoms with E-state index in [-0.39, 0.29) is 18.9 Å². The molecule has 0 spiro atoms. The first-order valence-electron chi connectivity index (χ1n) is 4.38. The van der Waals surface area contributed by atoms with Crippen LogP contribution >= 0.6 is 0 Å². The Balaban J connectivity index is 3.53. The Morgan fingerprint density at radius 1 is 1.50 bits per heavy atom. The van der Waals surface area contributed by atoms with Gasteiger partial charge in [0, 0.05) is 13.6 Å². The van der Waals surface area contributed by atoms with Crippen LogP contribution in [0, 0.1) is 0 Å². The summed E-state index contributed by atoms with van der Waals surface area (Å²) in [7, 11) is 1.39. The predicted molar refractivity (Wildman–Crippen MR) is 49.1 cm³/mol. The molecule has 0 heterocycles. The zero-order chi connectivity index (χ0) is 11.0. The van der Waals surface area contributed by atoms with Crippen LogP contribution in [0.2, 0.25) is 0 Å². The van der Waals surface area contributed by atoms with Gasteiger partial charge in [-0.3, -0.25) is 14.4 Å². The fraction of sp³-hybridized carbons (Fsp3) is 0.750. The lowest BCUT2D eigenvalue weighted by atomic mass is 10.4. The molecule has 82 valence electrons. The molecule has 0 aliphatic carbocycles. The molecule has 0 aromatic rings. The summed E-state index contributed by atoms with van der Waals surface area (Å²) in [4.78, 5) is 26.6. The summed E-state index contributed by atoms with van der Waals surface area (Å²) in [6.45, 7) is 1.91. The van der Waals surface area contributed by atoms with Crippen LogP contribution in [0.15, 0.2) is 0 Å². The SMILES string of the molecule is CCNC(=O)CCON(C)C(=O)CO. The molecule has 0 aliphatic rings. The van der Waals surface area contributed by atoms with Gasteiger partial charge in [0.05, 0.1) is 13.0 Å². The highest BCUT2D eigenvalue weighted by Gasteiger charge is 2.07. The van der Waals surface area contributed by atoms with Crippen molar-refractivity contribution in [2.45, 2.75) is 13.3 Å². The van der Waals surface area contributed by atoms with Crippen molar-refractivity contribution in [1.29, 1.82) is 0 Å². The van der Waals surface area contributed by atoms with E-state index in [1.165, 1.54) is 7.05 Å². The fourth-order valence-corrected chi connectivity index (χ4v) is 0.732. The van der Waals surface area contributed by atoms with Gasteiger partial charge in [-0.2, -0.15) is 0 Å². The van der Waals surface area contributed by atoms with Crippen molar-refractivity contribution < 1.29 is 19.5 Å². The second-order valence-electron chi connectivity index (χ2n) is 2.59. The molecule has 0 saturated heterocycles. The number of aliphatic hydroxyl groups excluding tert-OH is 1. The third-order valence-corrected chi connectivity index (χ3v) is 1.47. The lowest BCUT2D eigenvalue weighted by Crippen LogP contribution is -2.31. The van der Waals surface area contributed by atoms with Crippen LogP contribution in [0.25, 0.3) is 0 Å². The van der Waals surface area contributed by atoms with Crippen molar-refractivity contribution in [2.24, 2.45) is 0 Å². The van der Waals surface area contributed by atoms with Gasteiger partial charge in [-0.05, 0) is 6.92 Å². The molecule has 0 radical (unpaired) electrons. The second kappa shape index (κ2) is 7.28. The summed E-state index contributed by atoms with van der Waals surface area (Å²) < 4.78 is 0. The number of aliphatic hydroxyl groups is 1. The third-order valence-electron chi connectivity index (χ3n) is 1.47. The Hall–Kier alpha value is -1.14. The molecule has 0 aromatic carbocycles. The Morgan fingerprint density at radius 2 is 2.14 bits per heavy atom. The largest absolute Gasteiger partial charge is 0.386 e. The number of carbonyl (C=O) groups excluding carboxylic acids is 2. The number of hydrogen-bond donors (Lipinski definition) is 2. The van der Waals surface area contributed by atoms with Crippen molar-refractivity contribution in [3.63, 3.8) is 0 Å². The van der Waals surface area contributed by atoms with Gasteiger partial charge in [0.1, 0.15) is 6.61 Å². The van der Waals surface area contributed by atoms with E-state index in [0.717, 1.165) is 5.06 Å². The van der Waals surface area contributed by atoms with Gasteiger partial charge in [-0.1, -0.05) is 0 Å². The van der Waals surface area contributed by atoms with Gasteiger partial charge in [0.15, 0.2) is 0 Å². The fourth-order valence-electron chi connectivity index (χ4n) is 0.732. The van der Waals surface area contributed by atoms with Gasteiger partial charge in [-0.25, -0.2) is 5.06 Å². The van der Waals surface area contributed by atoms with E-state index in [0.29, 0.717) is 6.54 Å². The minimum Gasteiger partial charge on any atom is -0.386 e. The van der Waals surface area contributed by atoms with Crippen LogP contribution in [0.5, 0.6) is 0 Å². The summed E-state index contributed by atoms with van der Waals surface area (Å²) in [5, 5.41) is 12.0. The van der Waals surface area contributed by atoms with Gasteiger partial charge in [0.25, 0.3) is 5.91 Å². The summed E-state index contributed by atoms with van der Waals surface area (Å²) in [6.07, 6.45) is 0.191. The van der Waals surface area contributed by atoms with Crippen molar-refractivity contribution in [1.82, 2.24) is 10.4 Å². The van der Waals surface area contributed by atoms with Crippen molar-refractivity contribution in [2.75, 3.05) is 26.8 Å². The second-order valence-corrected chi connectivity index (χ2v) is 2.59. The first kappa shape index (κ1) is 12.9. The lowest BCUT2D eigenvalue weighted by molar-refractivity contribution is -0.182. The van der Waals surface area contributed by atoms with Crippen LogP contribution in [-0.4, -0.2) is 48.8 Å². The van der Waals surface area contributed by atoms with E-state index in [2.05, 4.69) is 5.32 Å². The Morgan fingerprint density at radius 3 is 2.64 bits per heavy atom. The van der Waals surface area contributed by atoms with Gasteiger partial charge >= 0.3 is 0 Å². The van der Waals surface area contributed by atoms with Crippen molar-refractivity contribution >= 4 is 11.8 Å². The number of carbonyl (C=O) groups is 2. The van der Waals surface area contributed by atoms with Crippen LogP contribution in [0.1, 0.15) is 13.3 Å². The topological polar surface area (TPSA) is 78.9 Å². The Bertz CT molecular complexity index is 196. The molecule has 14 heavy (non-hydrogen) atoms. The summed E-state index contributed by atoms with van der Waals surface area (Å²) >= 11 is 0. The molecule has 0 aromatic heterocycles. The summed E-state index contributed by atoms with van der Waals surface area (Å²) in [6, 6.07) is 0. The highest BCUT2D eigenvalue weighted by molar-refractivity contribution is 5.76. The highest BCUT2D eigenvalue weighted by Crippen LogP contribution is 1.89. The van der Waals surface area contributed by atoms with Crippen LogP contribution < -0.4 is 5.32 Å². The molecule has 2 N–H and O–H groups in total. The third kappa shape index (κ3) is 5.50. The maximum absolute atomic E-state index is 10.9. The number of rotatable bonds is 6. The molecule has 0 atom stereocenters. The molecule has 6 heteroatoms. The first-order chi connectivity index (χ1) is 6.61. The minimum atomic E-state index is -0.600. The normalized spacial score (nSPS) is 9.64. The minimum absolute atomic E-state index is 0.119. The van der Waals surface area contributed by atoms with Crippen LogP contribution in [-0.2, 0) is 14.4 Å². The number of hydrogen-bond acceptors (Lipinski definition) is 4. The maximum atomic E-state index is 10.9. The maximum Gasteiger partial charge on any atom is 0.271 e. The highest BCUT2D eigenvalue weighted by atomic mass is 16.7. The molecule has 2 amide bonds. The Labute approximate surface area is 82.8 Å². The summed E-state index contributed by atoms with van der Waals surface area (Å²) in [5.74, 6) is -0.668. The molecule has 6 nitrogen and oxygen atoms in total. The van der Waals surface area contributed by atoms with Crippen molar-refractivity contribution in [3.8, 4) is 0 Å². The van der Waals surface area contributed by atoms with Gasteiger partial charge in [0.2, 0.25) is 5.91 Å². The van der Waals surface area contributed by atoms with E-state index < -0.39 is 12.5 Å². The number of amides is 2. The molecule has 0 aliphatic heterocycles. The quantitative estimate of drug-likeness (QED) is 0.538. The van der Waals surface area contributed by atoms with Crippen molar-refractivity contribution in [3.05, 3.63) is 0 Å². The smallest absolute Gasteiger partial charge is 0.271 e. The number of nitrogens with zero attached hydrogens (tertiary/aromatic N) is 1. The average Bonchev–Trinajstić information content (AvgIpc) is 2.16. The zero-order valence-corrected chi connectivity index (χ0v) is 8.45. The van der Waals surface area contributed by atoms with E-state index in [9.17, 15) is 9.59 Å². The van der Waals surface area contributed by atoms with E-state index in [1.54, 1.807) is 0 Å². The lowest BCUT2D eigenvalue weighted by Gasteiger charge is -2.14. The van der Waals surface area contributed by atoms with Crippen LogP contribution in [0.4, 0.5) is 0 Å². The standard InChI is InChI=1S/C8H16N2O4/c1-3-9-7(12)4-5-14-10(2)8(13)6-11/h11H,3-6H2,1-2H3,(H,9,12). The predicted octanol–water partition coefficient (Wildman–Crippen LogP) is -1.11. The molecule has 0 unspecified atom stereocenters. The van der Waals surface area contributed by atoms with E-state index >= 15 is 0 Å². The van der Waals surface area contributed by atoms with Crippen LogP contribution in [0.3, 0.4) is 0 Å². The number of likely N-dealkylation sites (N-methyl/N-ethyl adjacent to an activating group) is 1. The zero-order valence-electron chi connectivity index (χ0n) is 8.45. The molecule has 0 fully saturated rings. The molecule has 0 bridgehead atoms. The van der Waals surface area contributed by atoms with Gasteiger partial charge < -0.3 is 10.4 Å². The molecule has 0 saturated carbocycles. The number of hydroxylamine groups is 2. The first-order valence-corrected chi connectivity index (χ1v) is 4.38. The number of nitrogens with one attached hydrogen (secondary N) is 1. The average molecular weight is 204 g/mol.